The number of hydrogen-bond donors (Lipinski definition) is 0. The fourth-order valence-electron chi connectivity index (χ4n) is 3.58. The molecule has 1 aliphatic rings. The molecule has 0 unspecified atom stereocenters. The van der Waals surface area contributed by atoms with E-state index in [2.05, 4.69) is 11.8 Å². The summed E-state index contributed by atoms with van der Waals surface area (Å²) in [6.45, 7) is 10.6. The summed E-state index contributed by atoms with van der Waals surface area (Å²) in [5, 5.41) is 1.47. The molecule has 4 nitrogen and oxygen atoms in total. The van der Waals surface area contributed by atoms with Crippen molar-refractivity contribution < 1.29 is 9.53 Å². The highest BCUT2D eigenvalue weighted by Crippen LogP contribution is 2.27. The summed E-state index contributed by atoms with van der Waals surface area (Å²) in [5.41, 5.74) is 4.22. The van der Waals surface area contributed by atoms with Gasteiger partial charge in [-0.1, -0.05) is 29.3 Å². The molecule has 1 saturated heterocycles. The first kappa shape index (κ1) is 20.8. The molecule has 0 aromatic heterocycles. The topological polar surface area (TPSA) is 32.8 Å². The minimum absolute atomic E-state index is 0.00715. The molecule has 2 aromatic rings. The van der Waals surface area contributed by atoms with Gasteiger partial charge in [0.15, 0.2) is 6.10 Å². The van der Waals surface area contributed by atoms with Crippen molar-refractivity contribution in [3.63, 3.8) is 0 Å². The van der Waals surface area contributed by atoms with Crippen LogP contribution in [0.15, 0.2) is 30.3 Å². The zero-order valence-electron chi connectivity index (χ0n) is 16.8. The number of benzene rings is 2. The predicted octanol–water partition coefficient (Wildman–Crippen LogP) is 5.03. The van der Waals surface area contributed by atoms with Crippen LogP contribution in [0.25, 0.3) is 0 Å². The summed E-state index contributed by atoms with van der Waals surface area (Å²) >= 11 is 12.4. The molecule has 0 radical (unpaired) electrons. The van der Waals surface area contributed by atoms with E-state index in [1.165, 1.54) is 5.56 Å². The van der Waals surface area contributed by atoms with Gasteiger partial charge >= 0.3 is 0 Å². The highest BCUT2D eigenvalue weighted by molar-refractivity contribution is 6.32. The van der Waals surface area contributed by atoms with Crippen molar-refractivity contribution in [3.05, 3.63) is 57.1 Å². The largest absolute Gasteiger partial charge is 0.481 e. The highest BCUT2D eigenvalue weighted by atomic mass is 35.5. The number of aryl methyl sites for hydroxylation is 3. The molecular formula is C22H26Cl2N2O2. The number of piperazine rings is 1. The Bertz CT molecular complexity index is 854. The predicted molar refractivity (Wildman–Crippen MR) is 116 cm³/mol. The SMILES string of the molecule is Cc1ccc(Cl)cc1N1CCN(C(=O)[C@@H](C)Oc2cc(C)c(Cl)c(C)c2)CC1. The molecule has 150 valence electrons. The van der Waals surface area contributed by atoms with E-state index in [1.54, 1.807) is 6.92 Å². The number of rotatable bonds is 4. The normalized spacial score (nSPS) is 15.5. The van der Waals surface area contributed by atoms with Crippen molar-refractivity contribution in [3.8, 4) is 5.75 Å². The van der Waals surface area contributed by atoms with Gasteiger partial charge in [0.2, 0.25) is 0 Å². The van der Waals surface area contributed by atoms with Crippen molar-refractivity contribution in [1.82, 2.24) is 4.90 Å². The number of ether oxygens (including phenoxy) is 1. The lowest BCUT2D eigenvalue weighted by atomic mass is 10.1. The lowest BCUT2D eigenvalue weighted by Gasteiger charge is -2.37. The van der Waals surface area contributed by atoms with Crippen LogP contribution in [0.2, 0.25) is 10.0 Å². The second-order valence-electron chi connectivity index (χ2n) is 7.37. The zero-order valence-corrected chi connectivity index (χ0v) is 18.3. The Balaban J connectivity index is 1.61. The summed E-state index contributed by atoms with van der Waals surface area (Å²) in [6, 6.07) is 9.67. The summed E-state index contributed by atoms with van der Waals surface area (Å²) in [7, 11) is 0. The average molecular weight is 421 g/mol. The molecule has 0 aliphatic carbocycles. The Kier molecular flexibility index (Phi) is 6.41. The van der Waals surface area contributed by atoms with Gasteiger partial charge in [-0.25, -0.2) is 0 Å². The Labute approximate surface area is 177 Å². The lowest BCUT2D eigenvalue weighted by Crippen LogP contribution is -2.52. The Morgan fingerprint density at radius 1 is 0.964 bits per heavy atom. The van der Waals surface area contributed by atoms with Crippen LogP contribution in [0.4, 0.5) is 5.69 Å². The van der Waals surface area contributed by atoms with E-state index >= 15 is 0 Å². The molecule has 2 aromatic carbocycles. The zero-order chi connectivity index (χ0) is 20.4. The van der Waals surface area contributed by atoms with Crippen LogP contribution >= 0.6 is 23.2 Å². The maximum absolute atomic E-state index is 12.8. The van der Waals surface area contributed by atoms with Crippen molar-refractivity contribution >= 4 is 34.8 Å². The number of amides is 1. The number of nitrogens with zero attached hydrogens (tertiary/aromatic N) is 2. The van der Waals surface area contributed by atoms with Gasteiger partial charge in [0, 0.05) is 41.9 Å². The van der Waals surface area contributed by atoms with Crippen LogP contribution in [0.5, 0.6) is 5.75 Å². The Morgan fingerprint density at radius 2 is 1.57 bits per heavy atom. The molecule has 0 bridgehead atoms. The smallest absolute Gasteiger partial charge is 0.263 e. The summed E-state index contributed by atoms with van der Waals surface area (Å²) in [5.74, 6) is 0.682. The van der Waals surface area contributed by atoms with Crippen LogP contribution in [-0.4, -0.2) is 43.1 Å². The Hall–Kier alpha value is -1.91. The molecule has 1 heterocycles. The third kappa shape index (κ3) is 4.56. The summed E-state index contributed by atoms with van der Waals surface area (Å²) in [6.07, 6.45) is -0.542. The van der Waals surface area contributed by atoms with Crippen molar-refractivity contribution in [2.75, 3.05) is 31.1 Å². The molecule has 1 atom stereocenters. The number of carbonyl (C=O) groups excluding carboxylic acids is 1. The number of carbonyl (C=O) groups is 1. The second kappa shape index (κ2) is 8.62. The van der Waals surface area contributed by atoms with Gasteiger partial charge in [-0.2, -0.15) is 0 Å². The fraction of sp³-hybridized carbons (Fsp3) is 0.409. The van der Waals surface area contributed by atoms with Gasteiger partial charge < -0.3 is 14.5 Å². The number of halogens is 2. The second-order valence-corrected chi connectivity index (χ2v) is 8.19. The van der Waals surface area contributed by atoms with E-state index in [0.29, 0.717) is 18.8 Å². The molecule has 28 heavy (non-hydrogen) atoms. The van der Waals surface area contributed by atoms with Gasteiger partial charge in [0.25, 0.3) is 5.91 Å². The van der Waals surface area contributed by atoms with E-state index in [0.717, 1.165) is 39.9 Å². The van der Waals surface area contributed by atoms with Crippen molar-refractivity contribution in [1.29, 1.82) is 0 Å². The Morgan fingerprint density at radius 3 is 2.18 bits per heavy atom. The lowest BCUT2D eigenvalue weighted by molar-refractivity contribution is -0.138. The maximum Gasteiger partial charge on any atom is 0.263 e. The van der Waals surface area contributed by atoms with Crippen molar-refractivity contribution in [2.24, 2.45) is 0 Å². The third-order valence-corrected chi connectivity index (χ3v) is 6.01. The third-order valence-electron chi connectivity index (χ3n) is 5.17. The van der Waals surface area contributed by atoms with Crippen LogP contribution < -0.4 is 9.64 Å². The van der Waals surface area contributed by atoms with E-state index in [4.69, 9.17) is 27.9 Å². The number of anilines is 1. The van der Waals surface area contributed by atoms with E-state index < -0.39 is 6.10 Å². The first-order chi connectivity index (χ1) is 13.3. The van der Waals surface area contributed by atoms with E-state index in [-0.39, 0.29) is 5.91 Å². The van der Waals surface area contributed by atoms with Gasteiger partial charge in [-0.15, -0.1) is 0 Å². The highest BCUT2D eigenvalue weighted by Gasteiger charge is 2.27. The van der Waals surface area contributed by atoms with Crippen LogP contribution in [0.1, 0.15) is 23.6 Å². The molecule has 0 N–H and O–H groups in total. The number of hydrogen-bond acceptors (Lipinski definition) is 3. The van der Waals surface area contributed by atoms with E-state index in [9.17, 15) is 4.79 Å². The first-order valence-corrected chi connectivity index (χ1v) is 10.2. The summed E-state index contributed by atoms with van der Waals surface area (Å²) in [4.78, 5) is 17.0. The van der Waals surface area contributed by atoms with Gasteiger partial charge in [-0.3, -0.25) is 4.79 Å². The molecule has 1 aliphatic heterocycles. The molecule has 1 amide bonds. The van der Waals surface area contributed by atoms with Crippen LogP contribution in [-0.2, 0) is 4.79 Å². The standard InChI is InChI=1S/C22H26Cl2N2O2/c1-14-5-6-18(23)13-20(14)25-7-9-26(10-8-25)22(27)17(4)28-19-11-15(2)21(24)16(3)12-19/h5-6,11-13,17H,7-10H2,1-4H3/t17-/m1/s1. The summed E-state index contributed by atoms with van der Waals surface area (Å²) < 4.78 is 5.91. The average Bonchev–Trinajstić information content (AvgIpc) is 2.67. The molecule has 6 heteroatoms. The monoisotopic (exact) mass is 420 g/mol. The van der Waals surface area contributed by atoms with Crippen LogP contribution in [0.3, 0.4) is 0 Å². The van der Waals surface area contributed by atoms with Crippen LogP contribution in [0, 0.1) is 20.8 Å². The fourth-order valence-corrected chi connectivity index (χ4v) is 3.85. The minimum Gasteiger partial charge on any atom is -0.481 e. The molecule has 1 fully saturated rings. The van der Waals surface area contributed by atoms with E-state index in [1.807, 2.05) is 49.1 Å². The van der Waals surface area contributed by atoms with Gasteiger partial charge in [0.1, 0.15) is 5.75 Å². The van der Waals surface area contributed by atoms with Gasteiger partial charge in [-0.05, 0) is 68.7 Å². The quantitative estimate of drug-likeness (QED) is 0.694. The first-order valence-electron chi connectivity index (χ1n) is 9.49. The molecule has 0 spiro atoms. The van der Waals surface area contributed by atoms with Crippen molar-refractivity contribution in [2.45, 2.75) is 33.8 Å². The molecule has 0 saturated carbocycles. The minimum atomic E-state index is -0.542. The maximum atomic E-state index is 12.8. The van der Waals surface area contributed by atoms with Gasteiger partial charge in [0.05, 0.1) is 0 Å². The molecular weight excluding hydrogens is 395 g/mol. The molecule has 3 rings (SSSR count).